The van der Waals surface area contributed by atoms with Gasteiger partial charge in [-0.15, -0.1) is 0 Å². The SMILES string of the molecule is Cc1cccc(S(=O)(=O)N[C@@H]2CCOC[C@H]2OCc2c(C)noc2C)c1. The Morgan fingerprint density at radius 1 is 1.31 bits per heavy atom. The Morgan fingerprint density at radius 3 is 2.81 bits per heavy atom. The quantitative estimate of drug-likeness (QED) is 0.827. The summed E-state index contributed by atoms with van der Waals surface area (Å²) in [7, 11) is -3.62. The van der Waals surface area contributed by atoms with E-state index in [0.717, 1.165) is 16.8 Å². The van der Waals surface area contributed by atoms with E-state index in [1.807, 2.05) is 26.8 Å². The summed E-state index contributed by atoms with van der Waals surface area (Å²) in [5.41, 5.74) is 2.55. The zero-order valence-corrected chi connectivity index (χ0v) is 16.0. The van der Waals surface area contributed by atoms with E-state index in [9.17, 15) is 8.42 Å². The molecule has 8 heteroatoms. The van der Waals surface area contributed by atoms with E-state index in [4.69, 9.17) is 14.0 Å². The van der Waals surface area contributed by atoms with Crippen LogP contribution in [0.25, 0.3) is 0 Å². The van der Waals surface area contributed by atoms with Crippen LogP contribution >= 0.6 is 0 Å². The summed E-state index contributed by atoms with van der Waals surface area (Å²) in [5.74, 6) is 0.705. The first-order valence-corrected chi connectivity index (χ1v) is 10.1. The van der Waals surface area contributed by atoms with Crippen molar-refractivity contribution in [2.75, 3.05) is 13.2 Å². The summed E-state index contributed by atoms with van der Waals surface area (Å²) < 4.78 is 44.8. The standard InChI is InChI=1S/C18H24N2O5S/c1-12-5-4-6-15(9-12)26(21,22)20-17-7-8-23-11-18(17)24-10-16-13(2)19-25-14(16)3/h4-6,9,17-18,20H,7-8,10-11H2,1-3H3/t17-,18-/m1/s1. The number of sulfonamides is 1. The third kappa shape index (κ3) is 4.32. The molecule has 2 aromatic rings. The number of aryl methyl sites for hydroxylation is 3. The molecule has 142 valence electrons. The van der Waals surface area contributed by atoms with Crippen molar-refractivity contribution in [3.8, 4) is 0 Å². The van der Waals surface area contributed by atoms with E-state index < -0.39 is 10.0 Å². The first-order chi connectivity index (χ1) is 12.4. The van der Waals surface area contributed by atoms with E-state index in [2.05, 4.69) is 9.88 Å². The Labute approximate surface area is 153 Å². The highest BCUT2D eigenvalue weighted by molar-refractivity contribution is 7.89. The topological polar surface area (TPSA) is 90.7 Å². The van der Waals surface area contributed by atoms with Crippen LogP contribution in [-0.2, 0) is 26.1 Å². The van der Waals surface area contributed by atoms with Crippen LogP contribution in [-0.4, -0.2) is 38.9 Å². The highest BCUT2D eigenvalue weighted by atomic mass is 32.2. The van der Waals surface area contributed by atoms with Crippen molar-refractivity contribution < 1.29 is 22.4 Å². The Hall–Kier alpha value is -1.74. The van der Waals surface area contributed by atoms with Gasteiger partial charge in [0.1, 0.15) is 5.76 Å². The van der Waals surface area contributed by atoms with Gasteiger partial charge in [-0.2, -0.15) is 0 Å². The number of ether oxygens (including phenoxy) is 2. The normalized spacial score (nSPS) is 21.0. The number of nitrogens with zero attached hydrogens (tertiary/aromatic N) is 1. The number of rotatable bonds is 6. The van der Waals surface area contributed by atoms with E-state index in [1.165, 1.54) is 0 Å². The average molecular weight is 380 g/mol. The van der Waals surface area contributed by atoms with Crippen LogP contribution in [0.4, 0.5) is 0 Å². The molecule has 0 unspecified atom stereocenters. The fraction of sp³-hybridized carbons (Fsp3) is 0.500. The smallest absolute Gasteiger partial charge is 0.240 e. The van der Waals surface area contributed by atoms with Crippen LogP contribution in [0.15, 0.2) is 33.7 Å². The van der Waals surface area contributed by atoms with Gasteiger partial charge in [0.15, 0.2) is 0 Å². The van der Waals surface area contributed by atoms with Gasteiger partial charge in [0, 0.05) is 12.2 Å². The molecule has 0 spiro atoms. The van der Waals surface area contributed by atoms with Crippen molar-refractivity contribution >= 4 is 10.0 Å². The first kappa shape index (κ1) is 19.0. The van der Waals surface area contributed by atoms with Crippen molar-refractivity contribution in [3.63, 3.8) is 0 Å². The van der Waals surface area contributed by atoms with Gasteiger partial charge in [-0.25, -0.2) is 13.1 Å². The molecular weight excluding hydrogens is 356 g/mol. The van der Waals surface area contributed by atoms with Gasteiger partial charge in [-0.1, -0.05) is 17.3 Å². The molecule has 1 aliphatic heterocycles. The molecule has 0 bridgehead atoms. The highest BCUT2D eigenvalue weighted by Crippen LogP contribution is 2.20. The largest absolute Gasteiger partial charge is 0.379 e. The molecule has 1 saturated heterocycles. The molecule has 2 atom stereocenters. The molecule has 1 aliphatic rings. The minimum Gasteiger partial charge on any atom is -0.379 e. The van der Waals surface area contributed by atoms with Crippen molar-refractivity contribution in [3.05, 3.63) is 46.8 Å². The highest BCUT2D eigenvalue weighted by Gasteiger charge is 2.31. The molecule has 3 rings (SSSR count). The zero-order chi connectivity index (χ0) is 18.7. The second-order valence-electron chi connectivity index (χ2n) is 6.56. The van der Waals surface area contributed by atoms with Gasteiger partial charge in [-0.3, -0.25) is 0 Å². The monoisotopic (exact) mass is 380 g/mol. The van der Waals surface area contributed by atoms with E-state index in [0.29, 0.717) is 32.0 Å². The number of benzene rings is 1. The molecule has 7 nitrogen and oxygen atoms in total. The summed E-state index contributed by atoms with van der Waals surface area (Å²) in [4.78, 5) is 0.258. The molecular formula is C18H24N2O5S. The molecule has 2 heterocycles. The molecule has 0 aliphatic carbocycles. The summed E-state index contributed by atoms with van der Waals surface area (Å²) in [6, 6.07) is 6.49. The van der Waals surface area contributed by atoms with Crippen LogP contribution in [0.1, 0.15) is 29.0 Å². The number of aromatic nitrogens is 1. The Morgan fingerprint density at radius 2 is 2.12 bits per heavy atom. The van der Waals surface area contributed by atoms with E-state index in [1.54, 1.807) is 18.2 Å². The molecule has 0 radical (unpaired) electrons. The van der Waals surface area contributed by atoms with Gasteiger partial charge in [0.25, 0.3) is 0 Å². The summed E-state index contributed by atoms with van der Waals surface area (Å²) >= 11 is 0. The molecule has 1 aromatic carbocycles. The lowest BCUT2D eigenvalue weighted by Crippen LogP contribution is -2.49. The molecule has 1 N–H and O–H groups in total. The van der Waals surface area contributed by atoms with Gasteiger partial charge in [0.2, 0.25) is 10.0 Å². The van der Waals surface area contributed by atoms with Crippen LogP contribution in [0.2, 0.25) is 0 Å². The zero-order valence-electron chi connectivity index (χ0n) is 15.2. The van der Waals surface area contributed by atoms with Crippen LogP contribution in [0.3, 0.4) is 0 Å². The number of hydrogen-bond donors (Lipinski definition) is 1. The molecule has 1 aromatic heterocycles. The van der Waals surface area contributed by atoms with Crippen LogP contribution < -0.4 is 4.72 Å². The van der Waals surface area contributed by atoms with Crippen molar-refractivity contribution in [2.24, 2.45) is 0 Å². The minimum atomic E-state index is -3.62. The second-order valence-corrected chi connectivity index (χ2v) is 8.27. The van der Waals surface area contributed by atoms with Gasteiger partial charge in [0.05, 0.1) is 35.9 Å². The Kier molecular flexibility index (Phi) is 5.76. The predicted octanol–water partition coefficient (Wildman–Crippen LogP) is 2.25. The third-order valence-corrected chi connectivity index (χ3v) is 6.02. The van der Waals surface area contributed by atoms with E-state index >= 15 is 0 Å². The predicted molar refractivity (Wildman–Crippen MR) is 95.3 cm³/mol. The van der Waals surface area contributed by atoms with Crippen LogP contribution in [0.5, 0.6) is 0 Å². The lowest BCUT2D eigenvalue weighted by molar-refractivity contribution is -0.0714. The second kappa shape index (κ2) is 7.87. The fourth-order valence-corrected chi connectivity index (χ4v) is 4.36. The number of nitrogens with one attached hydrogen (secondary N) is 1. The summed E-state index contributed by atoms with van der Waals surface area (Å²) in [6.45, 7) is 6.68. The Bertz CT molecular complexity index is 843. The van der Waals surface area contributed by atoms with Crippen molar-refractivity contribution in [1.29, 1.82) is 0 Å². The van der Waals surface area contributed by atoms with E-state index in [-0.39, 0.29) is 17.0 Å². The lowest BCUT2D eigenvalue weighted by Gasteiger charge is -2.31. The average Bonchev–Trinajstić information content (AvgIpc) is 2.92. The van der Waals surface area contributed by atoms with Gasteiger partial charge in [-0.05, 0) is 44.9 Å². The maximum Gasteiger partial charge on any atom is 0.240 e. The summed E-state index contributed by atoms with van der Waals surface area (Å²) in [6.07, 6.45) is 0.175. The summed E-state index contributed by atoms with van der Waals surface area (Å²) in [5, 5.41) is 3.91. The Balaban J connectivity index is 1.70. The molecule has 0 amide bonds. The maximum atomic E-state index is 12.7. The molecule has 0 saturated carbocycles. The molecule has 26 heavy (non-hydrogen) atoms. The van der Waals surface area contributed by atoms with Crippen molar-refractivity contribution in [2.45, 2.75) is 50.8 Å². The van der Waals surface area contributed by atoms with Gasteiger partial charge < -0.3 is 14.0 Å². The maximum absolute atomic E-state index is 12.7. The van der Waals surface area contributed by atoms with Gasteiger partial charge >= 0.3 is 0 Å². The first-order valence-electron chi connectivity index (χ1n) is 8.57. The fourth-order valence-electron chi connectivity index (χ4n) is 2.96. The third-order valence-electron chi connectivity index (χ3n) is 4.53. The van der Waals surface area contributed by atoms with Crippen LogP contribution in [0, 0.1) is 20.8 Å². The minimum absolute atomic E-state index is 0.258. The molecule has 1 fully saturated rings. The lowest BCUT2D eigenvalue weighted by atomic mass is 10.1. The number of hydrogen-bond acceptors (Lipinski definition) is 6. The van der Waals surface area contributed by atoms with Crippen molar-refractivity contribution in [1.82, 2.24) is 9.88 Å².